The highest BCUT2D eigenvalue weighted by Gasteiger charge is 2.69. The van der Waals surface area contributed by atoms with Crippen LogP contribution in [-0.4, -0.2) is 48.6 Å². The fourth-order valence-corrected chi connectivity index (χ4v) is 5.33. The number of pyridine rings is 2. The molecule has 5 heterocycles. The summed E-state index contributed by atoms with van der Waals surface area (Å²) < 4.78 is 65.9. The molecule has 202 valence electrons. The van der Waals surface area contributed by atoms with Gasteiger partial charge in [0.05, 0.1) is 29.8 Å². The van der Waals surface area contributed by atoms with Crippen molar-refractivity contribution in [2.45, 2.75) is 50.9 Å². The predicted molar refractivity (Wildman–Crippen MR) is 130 cm³/mol. The zero-order valence-corrected chi connectivity index (χ0v) is 20.9. The quantitative estimate of drug-likeness (QED) is 0.354. The first-order valence-electron chi connectivity index (χ1n) is 12.6. The molecule has 0 radical (unpaired) electrons. The molecule has 0 amide bonds. The number of alkyl halides is 3. The first kappa shape index (κ1) is 25.2. The van der Waals surface area contributed by atoms with Crippen molar-refractivity contribution in [3.63, 3.8) is 0 Å². The topological polar surface area (TPSA) is 106 Å². The Bertz CT molecular complexity index is 1560. The van der Waals surface area contributed by atoms with E-state index in [9.17, 15) is 22.8 Å². The summed E-state index contributed by atoms with van der Waals surface area (Å²) in [6.45, 7) is 3.63. The third kappa shape index (κ3) is 4.28. The van der Waals surface area contributed by atoms with Crippen LogP contribution >= 0.6 is 0 Å². The van der Waals surface area contributed by atoms with Crippen LogP contribution in [0.2, 0.25) is 0 Å². The molecular weight excluding hydrogens is 516 g/mol. The second kappa shape index (κ2) is 9.30. The molecule has 9 nitrogen and oxygen atoms in total. The van der Waals surface area contributed by atoms with Crippen molar-refractivity contribution >= 4 is 5.65 Å². The molecule has 2 aliphatic rings. The number of piperidine rings is 1. The van der Waals surface area contributed by atoms with Crippen LogP contribution in [0.4, 0.5) is 17.6 Å². The lowest BCUT2D eigenvalue weighted by atomic mass is 9.95. The van der Waals surface area contributed by atoms with Crippen molar-refractivity contribution in [2.75, 3.05) is 13.1 Å². The molecule has 1 saturated heterocycles. The molecule has 0 spiro atoms. The first-order valence-corrected chi connectivity index (χ1v) is 12.6. The number of fused-ring (bicyclic) bond motifs is 1. The van der Waals surface area contributed by atoms with E-state index < -0.39 is 23.5 Å². The molecule has 2 fully saturated rings. The Morgan fingerprint density at radius 2 is 1.92 bits per heavy atom. The molecular formula is C26H24F4N8O. The molecule has 1 aliphatic heterocycles. The molecule has 4 aromatic rings. The van der Waals surface area contributed by atoms with Crippen LogP contribution in [-0.2, 0) is 0 Å². The van der Waals surface area contributed by atoms with Crippen LogP contribution in [0.25, 0.3) is 16.9 Å². The summed E-state index contributed by atoms with van der Waals surface area (Å²) in [6, 6.07) is 7.67. The number of ether oxygens (including phenoxy) is 1. The van der Waals surface area contributed by atoms with Crippen molar-refractivity contribution < 1.29 is 22.3 Å². The SMILES string of the molecule is Cc1c(-c2cc(OC(c3ccc(F)cn3)C3(C(F)(F)F)CC3)n3c(C#N)cnc3c2)nnn1C1CCNCC1. The lowest BCUT2D eigenvalue weighted by Gasteiger charge is -2.29. The Morgan fingerprint density at radius 3 is 2.56 bits per heavy atom. The summed E-state index contributed by atoms with van der Waals surface area (Å²) in [5.41, 5.74) is 0.0127. The maximum atomic E-state index is 14.3. The second-order valence-electron chi connectivity index (χ2n) is 10.0. The monoisotopic (exact) mass is 540 g/mol. The van der Waals surface area contributed by atoms with Crippen LogP contribution in [0.15, 0.2) is 36.7 Å². The average Bonchev–Trinajstić information content (AvgIpc) is 3.51. The zero-order chi connectivity index (χ0) is 27.4. The van der Waals surface area contributed by atoms with Gasteiger partial charge < -0.3 is 10.1 Å². The number of aromatic nitrogens is 6. The Balaban J connectivity index is 1.47. The van der Waals surface area contributed by atoms with Crippen LogP contribution < -0.4 is 10.1 Å². The fourth-order valence-electron chi connectivity index (χ4n) is 5.33. The van der Waals surface area contributed by atoms with E-state index in [4.69, 9.17) is 4.74 Å². The van der Waals surface area contributed by atoms with Gasteiger partial charge >= 0.3 is 6.18 Å². The van der Waals surface area contributed by atoms with E-state index in [1.807, 2.05) is 17.7 Å². The van der Waals surface area contributed by atoms with Gasteiger partial charge in [-0.2, -0.15) is 18.4 Å². The number of rotatable bonds is 6. The summed E-state index contributed by atoms with van der Waals surface area (Å²) in [5.74, 6) is -0.702. The molecule has 0 aromatic carbocycles. The summed E-state index contributed by atoms with van der Waals surface area (Å²) >= 11 is 0. The van der Waals surface area contributed by atoms with Crippen LogP contribution in [0.1, 0.15) is 54.9 Å². The van der Waals surface area contributed by atoms with E-state index in [1.54, 1.807) is 12.1 Å². The largest absolute Gasteiger partial charge is 0.468 e. The number of halogens is 4. The molecule has 4 aromatic heterocycles. The van der Waals surface area contributed by atoms with Crippen molar-refractivity contribution in [3.05, 3.63) is 59.6 Å². The average molecular weight is 541 g/mol. The Labute approximate surface area is 220 Å². The number of imidazole rings is 1. The minimum absolute atomic E-state index is 0.0287. The second-order valence-corrected chi connectivity index (χ2v) is 10.0. The predicted octanol–water partition coefficient (Wildman–Crippen LogP) is 4.69. The lowest BCUT2D eigenvalue weighted by molar-refractivity contribution is -0.212. The molecule has 39 heavy (non-hydrogen) atoms. The van der Waals surface area contributed by atoms with Crippen LogP contribution in [0.3, 0.4) is 0 Å². The van der Waals surface area contributed by atoms with Gasteiger partial charge in [0.25, 0.3) is 0 Å². The van der Waals surface area contributed by atoms with E-state index in [0.29, 0.717) is 16.9 Å². The van der Waals surface area contributed by atoms with Gasteiger partial charge in [0.15, 0.2) is 6.10 Å². The zero-order valence-electron chi connectivity index (χ0n) is 20.9. The standard InChI is InChI=1S/C26H24F4N8O/c1-15-23(35-36-38(15)18-4-8-32-9-5-18)16-10-21-34-14-19(12-31)37(21)22(11-16)39-24(20-3-2-17(27)13-33-20)25(6-7-25)26(28,29)30/h2-3,10-11,13-14,18,24,32H,4-9H2,1H3. The number of nitrogens with zero attached hydrogens (tertiary/aromatic N) is 7. The smallest absolute Gasteiger partial charge is 0.398 e. The number of hydrogen-bond acceptors (Lipinski definition) is 7. The van der Waals surface area contributed by atoms with Gasteiger partial charge in [-0.15, -0.1) is 5.10 Å². The molecule has 1 saturated carbocycles. The van der Waals surface area contributed by atoms with Crippen molar-refractivity contribution in [1.82, 2.24) is 34.7 Å². The van der Waals surface area contributed by atoms with Crippen molar-refractivity contribution in [1.29, 1.82) is 5.26 Å². The van der Waals surface area contributed by atoms with Gasteiger partial charge in [0, 0.05) is 11.6 Å². The highest BCUT2D eigenvalue weighted by molar-refractivity contribution is 5.68. The third-order valence-corrected chi connectivity index (χ3v) is 7.66. The van der Waals surface area contributed by atoms with Crippen molar-refractivity contribution in [3.8, 4) is 23.2 Å². The number of nitriles is 1. The van der Waals surface area contributed by atoms with Gasteiger partial charge in [0.2, 0.25) is 5.88 Å². The fraction of sp³-hybridized carbons (Fsp3) is 0.423. The van der Waals surface area contributed by atoms with Gasteiger partial charge in [-0.25, -0.2) is 14.1 Å². The van der Waals surface area contributed by atoms with Crippen molar-refractivity contribution in [2.24, 2.45) is 5.41 Å². The molecule has 0 bridgehead atoms. The molecule has 6 rings (SSSR count). The summed E-state index contributed by atoms with van der Waals surface area (Å²) in [5, 5.41) is 21.8. The maximum Gasteiger partial charge on any atom is 0.398 e. The number of nitrogens with one attached hydrogen (secondary N) is 1. The van der Waals surface area contributed by atoms with E-state index >= 15 is 0 Å². The van der Waals surface area contributed by atoms with Crippen LogP contribution in [0.5, 0.6) is 5.88 Å². The highest BCUT2D eigenvalue weighted by Crippen LogP contribution is 2.65. The molecule has 1 aliphatic carbocycles. The summed E-state index contributed by atoms with van der Waals surface area (Å²) in [7, 11) is 0. The van der Waals surface area contributed by atoms with Gasteiger partial charge in [-0.05, 0) is 63.9 Å². The van der Waals surface area contributed by atoms with Gasteiger partial charge in [0.1, 0.15) is 34.3 Å². The minimum atomic E-state index is -4.59. The third-order valence-electron chi connectivity index (χ3n) is 7.66. The Kier molecular flexibility index (Phi) is 6.02. The number of hydrogen-bond donors (Lipinski definition) is 1. The summed E-state index contributed by atoms with van der Waals surface area (Å²) in [6.07, 6.45) is -2.51. The van der Waals surface area contributed by atoms with E-state index in [0.717, 1.165) is 43.9 Å². The molecule has 13 heteroatoms. The normalized spacial score (nSPS) is 18.2. The lowest BCUT2D eigenvalue weighted by Crippen LogP contribution is -2.35. The van der Waals surface area contributed by atoms with E-state index in [1.165, 1.54) is 16.7 Å². The van der Waals surface area contributed by atoms with E-state index in [-0.39, 0.29) is 36.2 Å². The van der Waals surface area contributed by atoms with Crippen LogP contribution in [0, 0.1) is 29.5 Å². The minimum Gasteiger partial charge on any atom is -0.468 e. The molecule has 1 atom stereocenters. The highest BCUT2D eigenvalue weighted by atomic mass is 19.4. The van der Waals surface area contributed by atoms with Gasteiger partial charge in [-0.3, -0.25) is 9.38 Å². The molecule has 1 N–H and O–H groups in total. The molecule has 1 unspecified atom stereocenters. The first-order chi connectivity index (χ1) is 18.7. The Morgan fingerprint density at radius 1 is 1.15 bits per heavy atom. The summed E-state index contributed by atoms with van der Waals surface area (Å²) in [4.78, 5) is 8.22. The van der Waals surface area contributed by atoms with Gasteiger partial charge in [-0.1, -0.05) is 5.21 Å². The Hall–Kier alpha value is -4.05. The van der Waals surface area contributed by atoms with E-state index in [2.05, 4.69) is 25.6 Å². The maximum absolute atomic E-state index is 14.3.